The first-order valence-electron chi connectivity index (χ1n) is 10.2. The highest BCUT2D eigenvalue weighted by atomic mass is 35.5. The van der Waals surface area contributed by atoms with Crippen LogP contribution in [0.2, 0.25) is 5.02 Å². The summed E-state index contributed by atoms with van der Waals surface area (Å²) in [7, 11) is 0. The molecule has 1 aromatic heterocycles. The minimum atomic E-state index is -0.258. The molecule has 156 valence electrons. The zero-order valence-electron chi connectivity index (χ0n) is 17.0. The average Bonchev–Trinajstić information content (AvgIpc) is 3.20. The Morgan fingerprint density at radius 1 is 1.07 bits per heavy atom. The molecule has 2 N–H and O–H groups in total. The molecule has 1 aliphatic rings. The van der Waals surface area contributed by atoms with E-state index in [0.29, 0.717) is 0 Å². The Hall–Kier alpha value is -2.83. The quantitative estimate of drug-likeness (QED) is 0.583. The van der Waals surface area contributed by atoms with Crippen LogP contribution < -0.4 is 10.6 Å². The van der Waals surface area contributed by atoms with E-state index in [-0.39, 0.29) is 12.1 Å². The van der Waals surface area contributed by atoms with Crippen molar-refractivity contribution in [1.82, 2.24) is 14.7 Å². The molecule has 7 heteroatoms. The van der Waals surface area contributed by atoms with Gasteiger partial charge < -0.3 is 5.32 Å². The topological polar surface area (TPSA) is 62.2 Å². The summed E-state index contributed by atoms with van der Waals surface area (Å²) in [5.41, 5.74) is 3.10. The molecule has 4 rings (SSSR count). The molecule has 2 amide bonds. The number of hydrogen-bond donors (Lipinski definition) is 2. The van der Waals surface area contributed by atoms with Crippen LogP contribution in [0.1, 0.15) is 30.0 Å². The van der Waals surface area contributed by atoms with Crippen LogP contribution in [-0.4, -0.2) is 33.8 Å². The first-order chi connectivity index (χ1) is 14.6. The maximum Gasteiger partial charge on any atom is 0.324 e. The second-order valence-electron chi connectivity index (χ2n) is 7.69. The Kier molecular flexibility index (Phi) is 6.35. The van der Waals surface area contributed by atoms with Gasteiger partial charge in [0.15, 0.2) is 0 Å². The van der Waals surface area contributed by atoms with Crippen LogP contribution in [0.5, 0.6) is 0 Å². The van der Waals surface area contributed by atoms with Crippen molar-refractivity contribution in [3.63, 3.8) is 0 Å². The number of nitrogens with one attached hydrogen (secondary N) is 2. The number of nitrogens with zero attached hydrogens (tertiary/aromatic N) is 3. The molecule has 6 nitrogen and oxygen atoms in total. The summed E-state index contributed by atoms with van der Waals surface area (Å²) in [6.07, 6.45) is 3.72. The van der Waals surface area contributed by atoms with Crippen LogP contribution in [0.15, 0.2) is 60.8 Å². The predicted molar refractivity (Wildman–Crippen MR) is 121 cm³/mol. The molecule has 30 heavy (non-hydrogen) atoms. The maximum atomic E-state index is 12.5. The molecule has 0 aliphatic carbocycles. The van der Waals surface area contributed by atoms with Gasteiger partial charge in [-0.2, -0.15) is 5.10 Å². The fourth-order valence-corrected chi connectivity index (χ4v) is 3.98. The highest BCUT2D eigenvalue weighted by Crippen LogP contribution is 2.26. The van der Waals surface area contributed by atoms with Gasteiger partial charge in [0, 0.05) is 36.4 Å². The van der Waals surface area contributed by atoms with Crippen LogP contribution in [0.25, 0.3) is 0 Å². The number of rotatable bonds is 5. The Labute approximate surface area is 181 Å². The van der Waals surface area contributed by atoms with Gasteiger partial charge in [-0.15, -0.1) is 0 Å². The minimum Gasteiger partial charge on any atom is -0.307 e. The maximum absolute atomic E-state index is 12.5. The molecule has 0 bridgehead atoms. The number of urea groups is 1. The fourth-order valence-electron chi connectivity index (χ4n) is 3.86. The van der Waals surface area contributed by atoms with E-state index < -0.39 is 0 Å². The summed E-state index contributed by atoms with van der Waals surface area (Å²) >= 11 is 5.98. The van der Waals surface area contributed by atoms with E-state index in [1.54, 1.807) is 6.20 Å². The van der Waals surface area contributed by atoms with Gasteiger partial charge >= 0.3 is 6.03 Å². The number of benzene rings is 2. The molecule has 0 unspecified atom stereocenters. The van der Waals surface area contributed by atoms with Gasteiger partial charge in [0.25, 0.3) is 0 Å². The standard InChI is InChI=1S/C23H26ClN5O/c1-17-4-2-3-5-21(17)26-23(30)27-22-10-13-25-29(22)20-11-14-28(15-12-20)16-18-6-8-19(24)9-7-18/h2-10,13,20H,11-12,14-16H2,1H3,(H2,26,27,30). The van der Waals surface area contributed by atoms with E-state index >= 15 is 0 Å². The zero-order valence-corrected chi connectivity index (χ0v) is 17.8. The first-order valence-corrected chi connectivity index (χ1v) is 10.6. The Bertz CT molecular complexity index is 993. The molecule has 1 aliphatic heterocycles. The lowest BCUT2D eigenvalue weighted by Gasteiger charge is -2.32. The average molecular weight is 424 g/mol. The molecule has 1 saturated heterocycles. The molecular weight excluding hydrogens is 398 g/mol. The SMILES string of the molecule is Cc1ccccc1NC(=O)Nc1ccnn1C1CCN(Cc2ccc(Cl)cc2)CC1. The summed E-state index contributed by atoms with van der Waals surface area (Å²) in [4.78, 5) is 14.9. The van der Waals surface area contributed by atoms with E-state index in [2.05, 4.69) is 32.8 Å². The summed E-state index contributed by atoms with van der Waals surface area (Å²) in [5, 5.41) is 11.1. The predicted octanol–water partition coefficient (Wildman–Crippen LogP) is 5.33. The number of carbonyl (C=O) groups excluding carboxylic acids is 1. The normalized spacial score (nSPS) is 15.1. The van der Waals surface area contributed by atoms with Crippen molar-refractivity contribution in [3.8, 4) is 0 Å². The highest BCUT2D eigenvalue weighted by Gasteiger charge is 2.23. The smallest absolute Gasteiger partial charge is 0.307 e. The largest absolute Gasteiger partial charge is 0.324 e. The van der Waals surface area contributed by atoms with Gasteiger partial charge in [0.05, 0.1) is 12.2 Å². The molecule has 1 fully saturated rings. The van der Waals surface area contributed by atoms with Crippen LogP contribution in [0, 0.1) is 6.92 Å². The first kappa shape index (κ1) is 20.4. The van der Waals surface area contributed by atoms with E-state index in [0.717, 1.165) is 54.6 Å². The van der Waals surface area contributed by atoms with Crippen molar-refractivity contribution < 1.29 is 4.79 Å². The number of aromatic nitrogens is 2. The molecule has 0 saturated carbocycles. The van der Waals surface area contributed by atoms with Crippen LogP contribution in [0.3, 0.4) is 0 Å². The van der Waals surface area contributed by atoms with Gasteiger partial charge in [-0.05, 0) is 49.1 Å². The summed E-state index contributed by atoms with van der Waals surface area (Å²) in [6, 6.07) is 17.6. The number of hydrogen-bond acceptors (Lipinski definition) is 3. The number of likely N-dealkylation sites (tertiary alicyclic amines) is 1. The third-order valence-corrected chi connectivity index (χ3v) is 5.78. The third-order valence-electron chi connectivity index (χ3n) is 5.53. The Balaban J connectivity index is 1.33. The minimum absolute atomic E-state index is 0.258. The van der Waals surface area contributed by atoms with Crippen molar-refractivity contribution in [2.75, 3.05) is 23.7 Å². The third kappa shape index (κ3) is 5.01. The van der Waals surface area contributed by atoms with Gasteiger partial charge in [0.1, 0.15) is 5.82 Å². The van der Waals surface area contributed by atoms with Gasteiger partial charge in [-0.25, -0.2) is 9.48 Å². The van der Waals surface area contributed by atoms with Crippen LogP contribution >= 0.6 is 11.6 Å². The lowest BCUT2D eigenvalue weighted by atomic mass is 10.0. The number of piperidine rings is 1. The number of carbonyl (C=O) groups is 1. The van der Waals surface area contributed by atoms with Crippen molar-refractivity contribution in [3.05, 3.63) is 76.9 Å². The molecule has 3 aromatic rings. The monoisotopic (exact) mass is 423 g/mol. The van der Waals surface area contributed by atoms with Gasteiger partial charge in [-0.3, -0.25) is 10.2 Å². The van der Waals surface area contributed by atoms with Gasteiger partial charge in [0.2, 0.25) is 0 Å². The summed E-state index contributed by atoms with van der Waals surface area (Å²) in [6.45, 7) is 4.87. The number of halogens is 1. The molecule has 2 aromatic carbocycles. The number of aryl methyl sites for hydroxylation is 1. The van der Waals surface area contributed by atoms with E-state index in [4.69, 9.17) is 11.6 Å². The molecule has 0 radical (unpaired) electrons. The second kappa shape index (κ2) is 9.32. The summed E-state index contributed by atoms with van der Waals surface area (Å²) in [5.74, 6) is 0.720. The van der Waals surface area contributed by atoms with E-state index in [1.807, 2.05) is 54.1 Å². The Morgan fingerprint density at radius 3 is 2.53 bits per heavy atom. The van der Waals surface area contributed by atoms with Crippen LogP contribution in [0.4, 0.5) is 16.3 Å². The number of para-hydroxylation sites is 1. The Morgan fingerprint density at radius 2 is 1.80 bits per heavy atom. The molecule has 2 heterocycles. The van der Waals surface area contributed by atoms with Crippen molar-refractivity contribution >= 4 is 29.1 Å². The van der Waals surface area contributed by atoms with Crippen molar-refractivity contribution in [2.45, 2.75) is 32.4 Å². The molecule has 0 spiro atoms. The van der Waals surface area contributed by atoms with E-state index in [1.165, 1.54) is 5.56 Å². The fraction of sp³-hybridized carbons (Fsp3) is 0.304. The molecule has 0 atom stereocenters. The lowest BCUT2D eigenvalue weighted by molar-refractivity contribution is 0.174. The number of anilines is 2. The van der Waals surface area contributed by atoms with Crippen molar-refractivity contribution in [1.29, 1.82) is 0 Å². The lowest BCUT2D eigenvalue weighted by Crippen LogP contribution is -2.35. The van der Waals surface area contributed by atoms with Crippen molar-refractivity contribution in [2.24, 2.45) is 0 Å². The highest BCUT2D eigenvalue weighted by molar-refractivity contribution is 6.30. The number of amides is 2. The molecular formula is C23H26ClN5O. The van der Waals surface area contributed by atoms with Gasteiger partial charge in [-0.1, -0.05) is 41.9 Å². The zero-order chi connectivity index (χ0) is 20.9. The summed E-state index contributed by atoms with van der Waals surface area (Å²) < 4.78 is 1.94. The second-order valence-corrected chi connectivity index (χ2v) is 8.13. The van der Waals surface area contributed by atoms with E-state index in [9.17, 15) is 4.79 Å². The van der Waals surface area contributed by atoms with Crippen LogP contribution in [-0.2, 0) is 6.54 Å².